The smallest absolute Gasteiger partial charge is 0.315 e. The van der Waals surface area contributed by atoms with Crippen LogP contribution in [0.15, 0.2) is 68.0 Å². The predicted octanol–water partition coefficient (Wildman–Crippen LogP) is 6.34. The van der Waals surface area contributed by atoms with Gasteiger partial charge in [-0.2, -0.15) is 0 Å². The van der Waals surface area contributed by atoms with Gasteiger partial charge in [0.15, 0.2) is 17.3 Å². The number of nitrogens with two attached hydrogens (primary N) is 1. The van der Waals surface area contributed by atoms with Crippen LogP contribution in [0.25, 0.3) is 11.0 Å². The number of amides is 1. The number of furan rings is 1. The highest BCUT2D eigenvalue weighted by Gasteiger charge is 2.25. The molecule has 1 heterocycles. The number of aromatic hydroxyl groups is 2. The van der Waals surface area contributed by atoms with Crippen LogP contribution in [0.2, 0.25) is 0 Å². The highest BCUT2D eigenvalue weighted by molar-refractivity contribution is 9.11. The first-order valence-electron chi connectivity index (χ1n) is 12.2. The molecule has 202 valence electrons. The van der Waals surface area contributed by atoms with Crippen molar-refractivity contribution in [3.63, 3.8) is 0 Å². The molecule has 0 bridgehead atoms. The summed E-state index contributed by atoms with van der Waals surface area (Å²) in [6, 6.07) is 14.8. The molecule has 0 aliphatic heterocycles. The molecule has 0 fully saturated rings. The van der Waals surface area contributed by atoms with E-state index in [1.807, 2.05) is 18.2 Å². The van der Waals surface area contributed by atoms with Crippen LogP contribution in [0.1, 0.15) is 52.9 Å². The van der Waals surface area contributed by atoms with E-state index in [0.29, 0.717) is 45.8 Å². The minimum atomic E-state index is -0.563. The fourth-order valence-corrected chi connectivity index (χ4v) is 5.38. The van der Waals surface area contributed by atoms with E-state index in [-0.39, 0.29) is 58.5 Å². The quantitative estimate of drug-likeness (QED) is 0.0740. The van der Waals surface area contributed by atoms with Gasteiger partial charge in [0, 0.05) is 29.9 Å². The van der Waals surface area contributed by atoms with Gasteiger partial charge in [-0.3, -0.25) is 14.4 Å². The van der Waals surface area contributed by atoms with Crippen molar-refractivity contribution < 1.29 is 33.8 Å². The lowest BCUT2D eigenvalue weighted by Gasteiger charge is -2.08. The number of rotatable bonds is 11. The Balaban J connectivity index is 1.68. The fraction of sp³-hybridized carbons (Fsp3) is 0.207. The molecular formula is C29H25Br2NO7. The summed E-state index contributed by atoms with van der Waals surface area (Å²) in [7, 11) is 0. The maximum atomic E-state index is 13.7. The van der Waals surface area contributed by atoms with Crippen molar-refractivity contribution in [2.24, 2.45) is 5.73 Å². The molecule has 0 aliphatic rings. The Labute approximate surface area is 241 Å². The van der Waals surface area contributed by atoms with Crippen LogP contribution >= 0.6 is 31.9 Å². The number of phenolic OH excluding ortho intramolecular Hbond substituents is 2. The summed E-state index contributed by atoms with van der Waals surface area (Å²) in [4.78, 5) is 37.2. The molecule has 39 heavy (non-hydrogen) atoms. The SMILES string of the molecule is NC(=O)CCCCCc1oc2cc(OC(=O)Cc3ccccc3)c(O)cc2c1C(=O)c1cc(Br)c(O)c(Br)c1. The van der Waals surface area contributed by atoms with Crippen LogP contribution in [-0.4, -0.2) is 27.9 Å². The normalized spacial score (nSPS) is 11.0. The Morgan fingerprint density at radius 2 is 1.62 bits per heavy atom. The molecule has 8 nitrogen and oxygen atoms in total. The van der Waals surface area contributed by atoms with Gasteiger partial charge in [0.25, 0.3) is 0 Å². The molecule has 10 heteroatoms. The second-order valence-electron chi connectivity index (χ2n) is 9.00. The zero-order chi connectivity index (χ0) is 28.1. The number of hydrogen-bond donors (Lipinski definition) is 3. The largest absolute Gasteiger partial charge is 0.506 e. The summed E-state index contributed by atoms with van der Waals surface area (Å²) in [6.07, 6.45) is 2.60. The molecule has 0 aliphatic carbocycles. The maximum absolute atomic E-state index is 13.7. The third-order valence-corrected chi connectivity index (χ3v) is 7.30. The number of fused-ring (bicyclic) bond motifs is 1. The first-order valence-corrected chi connectivity index (χ1v) is 13.8. The van der Waals surface area contributed by atoms with Crippen molar-refractivity contribution >= 4 is 60.5 Å². The topological polar surface area (TPSA) is 140 Å². The number of carbonyl (C=O) groups is 3. The van der Waals surface area contributed by atoms with Crippen molar-refractivity contribution in [3.8, 4) is 17.2 Å². The lowest BCUT2D eigenvalue weighted by Crippen LogP contribution is -2.11. The van der Waals surface area contributed by atoms with Crippen LogP contribution in [0.3, 0.4) is 0 Å². The number of hydrogen-bond acceptors (Lipinski definition) is 7. The number of esters is 1. The lowest BCUT2D eigenvalue weighted by molar-refractivity contribution is -0.133. The average molecular weight is 659 g/mol. The van der Waals surface area contributed by atoms with Crippen molar-refractivity contribution in [1.29, 1.82) is 0 Å². The molecule has 0 spiro atoms. The van der Waals surface area contributed by atoms with E-state index in [9.17, 15) is 24.6 Å². The zero-order valence-electron chi connectivity index (χ0n) is 20.7. The van der Waals surface area contributed by atoms with Gasteiger partial charge in [0.05, 0.1) is 20.9 Å². The van der Waals surface area contributed by atoms with Gasteiger partial charge in [-0.05, 0) is 68.5 Å². The summed E-state index contributed by atoms with van der Waals surface area (Å²) in [5.41, 5.74) is 6.78. The molecule has 0 atom stereocenters. The molecule has 4 rings (SSSR count). The summed E-state index contributed by atoms with van der Waals surface area (Å²) in [5.74, 6) is -1.37. The van der Waals surface area contributed by atoms with E-state index in [1.165, 1.54) is 24.3 Å². The molecule has 0 radical (unpaired) electrons. The van der Waals surface area contributed by atoms with E-state index >= 15 is 0 Å². The minimum absolute atomic E-state index is 0.0152. The van der Waals surface area contributed by atoms with Crippen molar-refractivity contribution in [2.45, 2.75) is 38.5 Å². The van der Waals surface area contributed by atoms with Crippen LogP contribution in [0.5, 0.6) is 17.2 Å². The van der Waals surface area contributed by atoms with E-state index < -0.39 is 5.97 Å². The highest BCUT2D eigenvalue weighted by atomic mass is 79.9. The Kier molecular flexibility index (Phi) is 9.08. The Morgan fingerprint density at radius 3 is 2.28 bits per heavy atom. The van der Waals surface area contributed by atoms with Gasteiger partial charge in [-0.25, -0.2) is 0 Å². The fourth-order valence-electron chi connectivity index (χ4n) is 4.19. The zero-order valence-corrected chi connectivity index (χ0v) is 23.9. The van der Waals surface area contributed by atoms with Gasteiger partial charge >= 0.3 is 5.97 Å². The van der Waals surface area contributed by atoms with Gasteiger partial charge in [0.2, 0.25) is 5.91 Å². The van der Waals surface area contributed by atoms with Crippen LogP contribution in [0, 0.1) is 0 Å². The van der Waals surface area contributed by atoms with Crippen LogP contribution in [0.4, 0.5) is 0 Å². The molecule has 0 unspecified atom stereocenters. The highest BCUT2D eigenvalue weighted by Crippen LogP contribution is 2.39. The monoisotopic (exact) mass is 657 g/mol. The number of halogens is 2. The Bertz CT molecular complexity index is 1520. The molecule has 4 aromatic rings. The van der Waals surface area contributed by atoms with Crippen molar-refractivity contribution in [1.82, 2.24) is 0 Å². The number of phenols is 2. The first kappa shape index (κ1) is 28.4. The number of unbranched alkanes of at least 4 members (excludes halogenated alkanes) is 2. The Hall–Kier alpha value is -3.63. The van der Waals surface area contributed by atoms with E-state index in [2.05, 4.69) is 31.9 Å². The van der Waals surface area contributed by atoms with Gasteiger partial charge in [0.1, 0.15) is 17.1 Å². The first-order chi connectivity index (χ1) is 18.6. The van der Waals surface area contributed by atoms with Gasteiger partial charge in [-0.15, -0.1) is 0 Å². The summed E-state index contributed by atoms with van der Waals surface area (Å²) < 4.78 is 12.1. The number of benzene rings is 3. The van der Waals surface area contributed by atoms with Gasteiger partial charge in [-0.1, -0.05) is 36.8 Å². The van der Waals surface area contributed by atoms with Crippen LogP contribution < -0.4 is 10.5 Å². The molecule has 0 saturated heterocycles. The van der Waals surface area contributed by atoms with E-state index in [0.717, 1.165) is 5.56 Å². The van der Waals surface area contributed by atoms with Crippen LogP contribution in [-0.2, 0) is 22.4 Å². The maximum Gasteiger partial charge on any atom is 0.315 e. The van der Waals surface area contributed by atoms with Gasteiger partial charge < -0.3 is 25.1 Å². The summed E-state index contributed by atoms with van der Waals surface area (Å²) >= 11 is 6.51. The lowest BCUT2D eigenvalue weighted by atomic mass is 9.97. The summed E-state index contributed by atoms with van der Waals surface area (Å²) in [5, 5.41) is 21.1. The predicted molar refractivity (Wildman–Crippen MR) is 152 cm³/mol. The van der Waals surface area contributed by atoms with E-state index in [4.69, 9.17) is 14.9 Å². The van der Waals surface area contributed by atoms with E-state index in [1.54, 1.807) is 12.1 Å². The second-order valence-corrected chi connectivity index (χ2v) is 10.7. The second kappa shape index (κ2) is 12.5. The summed E-state index contributed by atoms with van der Waals surface area (Å²) in [6.45, 7) is 0. The number of ketones is 1. The molecular weight excluding hydrogens is 634 g/mol. The number of ether oxygens (including phenoxy) is 1. The Morgan fingerprint density at radius 1 is 0.923 bits per heavy atom. The number of primary amides is 1. The molecule has 4 N–H and O–H groups in total. The molecule has 1 aromatic heterocycles. The third-order valence-electron chi connectivity index (χ3n) is 6.09. The third kappa shape index (κ3) is 6.88. The minimum Gasteiger partial charge on any atom is -0.506 e. The average Bonchev–Trinajstić information content (AvgIpc) is 3.23. The number of carbonyl (C=O) groups excluding carboxylic acids is 3. The van der Waals surface area contributed by atoms with Crippen molar-refractivity contribution in [3.05, 3.63) is 86.0 Å². The molecule has 3 aromatic carbocycles. The standard InChI is InChI=1S/C29H25Br2NO7/c30-19-12-17(13-20(31)29(19)37)28(36)27-18-14-21(33)24(39-26(35)11-16-7-3-1-4-8-16)15-23(18)38-22(27)9-5-2-6-10-25(32)34/h1,3-4,7-8,12-15,33,37H,2,5-6,9-11H2,(H2,32,34). The van der Waals surface area contributed by atoms with Crippen molar-refractivity contribution in [2.75, 3.05) is 0 Å². The molecule has 1 amide bonds. The molecule has 0 saturated carbocycles. The number of aryl methyl sites for hydroxylation is 1.